The SMILES string of the molecule is CNC(c1nccnc1OC)C1CCCCO1. The van der Waals surface area contributed by atoms with Crippen LogP contribution in [0.5, 0.6) is 5.88 Å². The van der Waals surface area contributed by atoms with Gasteiger partial charge < -0.3 is 14.8 Å². The number of hydrogen-bond acceptors (Lipinski definition) is 5. The molecular formula is C12H19N3O2. The second-order valence-electron chi connectivity index (χ2n) is 4.12. The zero-order valence-electron chi connectivity index (χ0n) is 10.3. The topological polar surface area (TPSA) is 56.3 Å². The van der Waals surface area contributed by atoms with Gasteiger partial charge in [-0.2, -0.15) is 0 Å². The summed E-state index contributed by atoms with van der Waals surface area (Å²) in [4.78, 5) is 8.55. The third kappa shape index (κ3) is 2.73. The van der Waals surface area contributed by atoms with E-state index in [2.05, 4.69) is 15.3 Å². The lowest BCUT2D eigenvalue weighted by Gasteiger charge is -2.30. The summed E-state index contributed by atoms with van der Waals surface area (Å²) in [5.41, 5.74) is 0.824. The Balaban J connectivity index is 2.21. The maximum Gasteiger partial charge on any atom is 0.237 e. The van der Waals surface area contributed by atoms with Crippen molar-refractivity contribution >= 4 is 0 Å². The number of ether oxygens (including phenoxy) is 2. The molecule has 1 saturated heterocycles. The number of methoxy groups -OCH3 is 1. The summed E-state index contributed by atoms with van der Waals surface area (Å²) in [6, 6.07) is 0.0407. The number of hydrogen-bond donors (Lipinski definition) is 1. The molecule has 1 aromatic heterocycles. The molecule has 2 rings (SSSR count). The fourth-order valence-electron chi connectivity index (χ4n) is 2.23. The zero-order chi connectivity index (χ0) is 12.1. The van der Waals surface area contributed by atoms with Crippen LogP contribution in [0.15, 0.2) is 12.4 Å². The van der Waals surface area contributed by atoms with Crippen LogP contribution in [0, 0.1) is 0 Å². The first-order valence-corrected chi connectivity index (χ1v) is 6.00. The lowest BCUT2D eigenvalue weighted by molar-refractivity contribution is -0.00808. The van der Waals surface area contributed by atoms with Gasteiger partial charge >= 0.3 is 0 Å². The van der Waals surface area contributed by atoms with Crippen LogP contribution in [0.3, 0.4) is 0 Å². The van der Waals surface area contributed by atoms with E-state index in [1.54, 1.807) is 19.5 Å². The second kappa shape index (κ2) is 5.93. The first kappa shape index (κ1) is 12.3. The van der Waals surface area contributed by atoms with E-state index in [4.69, 9.17) is 9.47 Å². The van der Waals surface area contributed by atoms with Gasteiger partial charge in [-0.05, 0) is 26.3 Å². The van der Waals surface area contributed by atoms with Crippen molar-refractivity contribution in [2.45, 2.75) is 31.4 Å². The Hall–Kier alpha value is -1.20. The number of nitrogens with zero attached hydrogens (tertiary/aromatic N) is 2. The third-order valence-electron chi connectivity index (χ3n) is 3.08. The quantitative estimate of drug-likeness (QED) is 0.855. The smallest absolute Gasteiger partial charge is 0.237 e. The van der Waals surface area contributed by atoms with Crippen molar-refractivity contribution < 1.29 is 9.47 Å². The average molecular weight is 237 g/mol. The van der Waals surface area contributed by atoms with Crippen molar-refractivity contribution in [2.24, 2.45) is 0 Å². The maximum absolute atomic E-state index is 5.80. The molecule has 1 aromatic rings. The molecule has 0 saturated carbocycles. The van der Waals surface area contributed by atoms with Crippen LogP contribution in [0.25, 0.3) is 0 Å². The van der Waals surface area contributed by atoms with E-state index in [1.165, 1.54) is 6.42 Å². The minimum atomic E-state index is 0.0407. The Kier molecular flexibility index (Phi) is 4.28. The van der Waals surface area contributed by atoms with Crippen LogP contribution in [-0.2, 0) is 4.74 Å². The molecule has 2 heterocycles. The molecule has 0 aromatic carbocycles. The summed E-state index contributed by atoms with van der Waals surface area (Å²) in [5.74, 6) is 0.570. The number of nitrogens with one attached hydrogen (secondary N) is 1. The molecule has 0 aliphatic carbocycles. The summed E-state index contributed by atoms with van der Waals surface area (Å²) in [5, 5.41) is 3.26. The maximum atomic E-state index is 5.80. The van der Waals surface area contributed by atoms with Crippen LogP contribution in [0.4, 0.5) is 0 Å². The zero-order valence-corrected chi connectivity index (χ0v) is 10.3. The van der Waals surface area contributed by atoms with Crippen molar-refractivity contribution in [3.8, 4) is 5.88 Å². The molecule has 5 nitrogen and oxygen atoms in total. The van der Waals surface area contributed by atoms with E-state index in [1.807, 2.05) is 7.05 Å². The highest BCUT2D eigenvalue weighted by atomic mass is 16.5. The minimum Gasteiger partial charge on any atom is -0.480 e. The van der Waals surface area contributed by atoms with Gasteiger partial charge in [0.1, 0.15) is 5.69 Å². The molecule has 1 fully saturated rings. The van der Waals surface area contributed by atoms with Crippen molar-refractivity contribution in [2.75, 3.05) is 20.8 Å². The van der Waals surface area contributed by atoms with E-state index in [9.17, 15) is 0 Å². The molecule has 2 unspecified atom stereocenters. The largest absolute Gasteiger partial charge is 0.480 e. The molecule has 0 amide bonds. The van der Waals surface area contributed by atoms with Crippen LogP contribution in [0.1, 0.15) is 31.0 Å². The van der Waals surface area contributed by atoms with E-state index in [-0.39, 0.29) is 12.1 Å². The molecule has 0 radical (unpaired) electrons. The third-order valence-corrected chi connectivity index (χ3v) is 3.08. The van der Waals surface area contributed by atoms with Gasteiger partial charge in [0, 0.05) is 19.0 Å². The van der Waals surface area contributed by atoms with Gasteiger partial charge in [-0.1, -0.05) is 0 Å². The van der Waals surface area contributed by atoms with Gasteiger partial charge in [-0.15, -0.1) is 0 Å². The van der Waals surface area contributed by atoms with Crippen molar-refractivity contribution in [1.29, 1.82) is 0 Å². The van der Waals surface area contributed by atoms with Crippen LogP contribution < -0.4 is 10.1 Å². The Morgan fingerprint density at radius 3 is 2.88 bits per heavy atom. The Labute approximate surface area is 102 Å². The van der Waals surface area contributed by atoms with Crippen LogP contribution in [-0.4, -0.2) is 36.8 Å². The average Bonchev–Trinajstić information content (AvgIpc) is 2.41. The molecule has 0 bridgehead atoms. The molecular weight excluding hydrogens is 218 g/mol. The van der Waals surface area contributed by atoms with E-state index in [0.29, 0.717) is 5.88 Å². The normalized spacial score (nSPS) is 22.1. The van der Waals surface area contributed by atoms with Crippen molar-refractivity contribution in [3.05, 3.63) is 18.1 Å². The van der Waals surface area contributed by atoms with Crippen LogP contribution >= 0.6 is 0 Å². The molecule has 17 heavy (non-hydrogen) atoms. The number of rotatable bonds is 4. The fourth-order valence-corrected chi connectivity index (χ4v) is 2.23. The number of likely N-dealkylation sites (N-methyl/N-ethyl adjacent to an activating group) is 1. The fraction of sp³-hybridized carbons (Fsp3) is 0.667. The Bertz CT molecular complexity index is 353. The predicted octanol–water partition coefficient (Wildman–Crippen LogP) is 1.31. The number of aromatic nitrogens is 2. The monoisotopic (exact) mass is 237 g/mol. The first-order chi connectivity index (χ1) is 8.36. The highest BCUT2D eigenvalue weighted by molar-refractivity contribution is 5.22. The Morgan fingerprint density at radius 1 is 1.41 bits per heavy atom. The van der Waals surface area contributed by atoms with Crippen molar-refractivity contribution in [1.82, 2.24) is 15.3 Å². The highest BCUT2D eigenvalue weighted by Crippen LogP contribution is 2.28. The van der Waals surface area contributed by atoms with Crippen molar-refractivity contribution in [3.63, 3.8) is 0 Å². The summed E-state index contributed by atoms with van der Waals surface area (Å²) in [7, 11) is 3.53. The lowest BCUT2D eigenvalue weighted by Crippen LogP contribution is -2.35. The van der Waals surface area contributed by atoms with E-state index >= 15 is 0 Å². The molecule has 1 aliphatic rings. The molecule has 5 heteroatoms. The lowest BCUT2D eigenvalue weighted by atomic mass is 9.99. The molecule has 94 valence electrons. The standard InChI is InChI=1S/C12H19N3O2/c1-13-10(9-5-3-4-8-17-9)11-12(16-2)15-7-6-14-11/h6-7,9-10,13H,3-5,8H2,1-2H3. The van der Waals surface area contributed by atoms with E-state index in [0.717, 1.165) is 25.1 Å². The van der Waals surface area contributed by atoms with Crippen LogP contribution in [0.2, 0.25) is 0 Å². The minimum absolute atomic E-state index is 0.0407. The van der Waals surface area contributed by atoms with Gasteiger partial charge in [0.15, 0.2) is 0 Å². The summed E-state index contributed by atoms with van der Waals surface area (Å²) < 4.78 is 11.0. The van der Waals surface area contributed by atoms with Gasteiger partial charge in [0.05, 0.1) is 19.3 Å². The summed E-state index contributed by atoms with van der Waals surface area (Å²) in [6.07, 6.45) is 6.86. The first-order valence-electron chi connectivity index (χ1n) is 6.00. The molecule has 0 spiro atoms. The highest BCUT2D eigenvalue weighted by Gasteiger charge is 2.28. The van der Waals surface area contributed by atoms with Gasteiger partial charge in [0.2, 0.25) is 5.88 Å². The summed E-state index contributed by atoms with van der Waals surface area (Å²) >= 11 is 0. The van der Waals surface area contributed by atoms with E-state index < -0.39 is 0 Å². The second-order valence-corrected chi connectivity index (χ2v) is 4.12. The summed E-state index contributed by atoms with van der Waals surface area (Å²) in [6.45, 7) is 0.825. The van der Waals surface area contributed by atoms with Gasteiger partial charge in [-0.3, -0.25) is 4.98 Å². The Morgan fingerprint density at radius 2 is 2.24 bits per heavy atom. The molecule has 2 atom stereocenters. The molecule has 1 aliphatic heterocycles. The molecule has 1 N–H and O–H groups in total. The van der Waals surface area contributed by atoms with Gasteiger partial charge in [-0.25, -0.2) is 4.98 Å². The van der Waals surface area contributed by atoms with Gasteiger partial charge in [0.25, 0.3) is 0 Å². The predicted molar refractivity (Wildman–Crippen MR) is 64.0 cm³/mol.